The molecule has 0 amide bonds. The van der Waals surface area contributed by atoms with Crippen LogP contribution in [-0.2, 0) is 27.4 Å². The van der Waals surface area contributed by atoms with Crippen molar-refractivity contribution in [2.75, 3.05) is 13.2 Å². The fraction of sp³-hybridized carbons (Fsp3) is 0.292. The lowest BCUT2D eigenvalue weighted by molar-refractivity contribution is -0.153. The summed E-state index contributed by atoms with van der Waals surface area (Å²) in [7, 11) is 0. The number of rotatable bonds is 7. The van der Waals surface area contributed by atoms with Crippen LogP contribution in [0.5, 0.6) is 5.75 Å². The summed E-state index contributed by atoms with van der Waals surface area (Å²) in [6.07, 6.45) is -1.03. The Morgan fingerprint density at radius 1 is 1.22 bits per heavy atom. The third-order valence-electron chi connectivity index (χ3n) is 5.72. The molecular weight excluding hydrogens is 502 g/mol. The van der Waals surface area contributed by atoms with Crippen molar-refractivity contribution in [3.8, 4) is 5.75 Å². The molecule has 0 saturated carbocycles. The molecule has 12 heteroatoms. The molecule has 190 valence electrons. The number of hydrogen-bond acceptors (Lipinski definition) is 8. The first-order valence-electron chi connectivity index (χ1n) is 10.8. The minimum absolute atomic E-state index is 0.0245. The fourth-order valence-electron chi connectivity index (χ4n) is 4.01. The van der Waals surface area contributed by atoms with Crippen molar-refractivity contribution in [2.45, 2.75) is 32.9 Å². The number of carboxylic acid groups (broad SMARTS) is 1. The van der Waals surface area contributed by atoms with E-state index >= 15 is 0 Å². The molecule has 1 aromatic heterocycles. The number of hydroxylamine groups is 2. The van der Waals surface area contributed by atoms with E-state index in [0.717, 1.165) is 6.07 Å². The zero-order valence-corrected chi connectivity index (χ0v) is 20.0. The van der Waals surface area contributed by atoms with Gasteiger partial charge in [-0.1, -0.05) is 22.8 Å². The Balaban J connectivity index is 1.68. The highest BCUT2D eigenvalue weighted by molar-refractivity contribution is 6.30. The van der Waals surface area contributed by atoms with Crippen LogP contribution in [0.3, 0.4) is 0 Å². The van der Waals surface area contributed by atoms with E-state index in [0.29, 0.717) is 22.6 Å². The highest BCUT2D eigenvalue weighted by atomic mass is 35.5. The van der Waals surface area contributed by atoms with Gasteiger partial charge in [-0.15, -0.1) is 5.06 Å². The molecule has 0 saturated heterocycles. The number of hydrogen-bond donors (Lipinski definition) is 1. The molecule has 0 bridgehead atoms. The Bertz CT molecular complexity index is 1290. The van der Waals surface area contributed by atoms with Gasteiger partial charge >= 0.3 is 12.1 Å². The number of aromatic nitrogens is 1. The molecule has 1 atom stereocenters. The molecule has 0 aliphatic carbocycles. The molecule has 3 aromatic rings. The summed E-state index contributed by atoms with van der Waals surface area (Å²) >= 11 is 6.20. The van der Waals surface area contributed by atoms with Gasteiger partial charge in [0.15, 0.2) is 18.2 Å². The number of ether oxygens (including phenoxy) is 2. The zero-order valence-electron chi connectivity index (χ0n) is 19.2. The van der Waals surface area contributed by atoms with E-state index < -0.39 is 36.4 Å². The largest absolute Gasteiger partial charge is 0.528 e. The molecule has 4 rings (SSSR count). The molecule has 36 heavy (non-hydrogen) atoms. The van der Waals surface area contributed by atoms with E-state index in [4.69, 9.17) is 35.5 Å². The lowest BCUT2D eigenvalue weighted by Crippen LogP contribution is -2.38. The van der Waals surface area contributed by atoms with Gasteiger partial charge in [-0.2, -0.15) is 0 Å². The Morgan fingerprint density at radius 3 is 2.69 bits per heavy atom. The Hall–Kier alpha value is -3.70. The van der Waals surface area contributed by atoms with Crippen LogP contribution in [-0.4, -0.2) is 40.6 Å². The first-order valence-corrected chi connectivity index (χ1v) is 11.2. The SMILES string of the molecule is Cc1noc(C)c1COC(=O)ON1CCc2c(ccc(F)c2F)[C@H]1c1cc(Cl)ccc1OCC(=O)O. The Morgan fingerprint density at radius 2 is 2.00 bits per heavy atom. The van der Waals surface area contributed by atoms with Crippen LogP contribution >= 0.6 is 11.6 Å². The molecule has 1 N–H and O–H groups in total. The minimum Gasteiger partial charge on any atom is -0.482 e. The lowest BCUT2D eigenvalue weighted by atomic mass is 9.88. The molecule has 2 aromatic carbocycles. The zero-order chi connectivity index (χ0) is 26.0. The van der Waals surface area contributed by atoms with Crippen LogP contribution in [0, 0.1) is 25.5 Å². The second-order valence-electron chi connectivity index (χ2n) is 8.02. The summed E-state index contributed by atoms with van der Waals surface area (Å²) in [6, 6.07) is 5.74. The second-order valence-corrected chi connectivity index (χ2v) is 8.46. The topological polar surface area (TPSA) is 111 Å². The maximum Gasteiger partial charge on any atom is 0.528 e. The predicted octanol–water partition coefficient (Wildman–Crippen LogP) is 4.90. The Kier molecular flexibility index (Phi) is 7.41. The van der Waals surface area contributed by atoms with Gasteiger partial charge in [-0.25, -0.2) is 18.4 Å². The van der Waals surface area contributed by atoms with E-state index in [1.165, 1.54) is 29.3 Å². The predicted molar refractivity (Wildman–Crippen MR) is 120 cm³/mol. The van der Waals surface area contributed by atoms with E-state index in [1.54, 1.807) is 13.8 Å². The molecule has 0 unspecified atom stereocenters. The molecule has 0 radical (unpaired) electrons. The standard InChI is InChI=1S/C24H21ClF2N2O7/c1-12-18(13(2)35-28-12)10-34-24(32)36-29-8-7-15-16(4-5-19(26)22(15)27)23(29)17-9-14(25)3-6-20(17)33-11-21(30)31/h3-6,9,23H,7-8,10-11H2,1-2H3,(H,30,31)/t23-/m0/s1. The highest BCUT2D eigenvalue weighted by Gasteiger charge is 2.36. The van der Waals surface area contributed by atoms with Crippen LogP contribution in [0.1, 0.15) is 39.7 Å². The number of halogens is 3. The average molecular weight is 523 g/mol. The van der Waals surface area contributed by atoms with Crippen LogP contribution < -0.4 is 4.74 Å². The van der Waals surface area contributed by atoms with Crippen molar-refractivity contribution in [1.29, 1.82) is 0 Å². The number of carboxylic acids is 1. The van der Waals surface area contributed by atoms with E-state index in [1.807, 2.05) is 0 Å². The summed E-state index contributed by atoms with van der Waals surface area (Å²) in [5, 5.41) is 14.3. The lowest BCUT2D eigenvalue weighted by Gasteiger charge is -2.36. The molecular formula is C24H21ClF2N2O7. The van der Waals surface area contributed by atoms with Gasteiger partial charge in [0, 0.05) is 17.1 Å². The van der Waals surface area contributed by atoms with Gasteiger partial charge < -0.3 is 23.9 Å². The van der Waals surface area contributed by atoms with Crippen molar-refractivity contribution >= 4 is 23.7 Å². The molecule has 2 heterocycles. The summed E-state index contributed by atoms with van der Waals surface area (Å²) in [5.41, 5.74) is 1.81. The maximum atomic E-state index is 14.7. The fourth-order valence-corrected chi connectivity index (χ4v) is 4.19. The van der Waals surface area contributed by atoms with Gasteiger partial charge in [0.2, 0.25) is 0 Å². The maximum absolute atomic E-state index is 14.7. The number of carbonyl (C=O) groups is 2. The second kappa shape index (κ2) is 10.5. The Labute approximate surface area is 209 Å². The summed E-state index contributed by atoms with van der Waals surface area (Å²) < 4.78 is 44.3. The normalized spacial score (nSPS) is 15.3. The van der Waals surface area contributed by atoms with Crippen LogP contribution in [0.25, 0.3) is 0 Å². The summed E-state index contributed by atoms with van der Waals surface area (Å²) in [5.74, 6) is -2.66. The number of carbonyl (C=O) groups excluding carboxylic acids is 1. The molecule has 0 fully saturated rings. The van der Waals surface area contributed by atoms with Crippen LogP contribution in [0.15, 0.2) is 34.9 Å². The average Bonchev–Trinajstić information content (AvgIpc) is 3.16. The number of fused-ring (bicyclic) bond motifs is 1. The first kappa shape index (κ1) is 25.4. The third-order valence-corrected chi connectivity index (χ3v) is 5.96. The molecule has 1 aliphatic rings. The van der Waals surface area contributed by atoms with Crippen molar-refractivity contribution < 1.29 is 42.3 Å². The first-order chi connectivity index (χ1) is 17.2. The van der Waals surface area contributed by atoms with Gasteiger partial charge in [-0.05, 0) is 55.7 Å². The summed E-state index contributed by atoms with van der Waals surface area (Å²) in [6.45, 7) is 2.53. The van der Waals surface area contributed by atoms with Crippen LogP contribution in [0.2, 0.25) is 5.02 Å². The van der Waals surface area contributed by atoms with Crippen molar-refractivity contribution in [3.63, 3.8) is 0 Å². The number of aryl methyl sites for hydroxylation is 2. The molecule has 9 nitrogen and oxygen atoms in total. The molecule has 0 spiro atoms. The van der Waals surface area contributed by atoms with Gasteiger partial charge in [0.05, 0.1) is 11.3 Å². The van der Waals surface area contributed by atoms with Gasteiger partial charge in [0.25, 0.3) is 0 Å². The van der Waals surface area contributed by atoms with Gasteiger partial charge in [0.1, 0.15) is 24.2 Å². The van der Waals surface area contributed by atoms with Crippen molar-refractivity contribution in [2.24, 2.45) is 0 Å². The summed E-state index contributed by atoms with van der Waals surface area (Å²) in [4.78, 5) is 29.2. The third kappa shape index (κ3) is 5.26. The van der Waals surface area contributed by atoms with Crippen molar-refractivity contribution in [3.05, 3.63) is 80.7 Å². The van der Waals surface area contributed by atoms with Crippen molar-refractivity contribution in [1.82, 2.24) is 10.2 Å². The number of nitrogens with zero attached hydrogens (tertiary/aromatic N) is 2. The van der Waals surface area contributed by atoms with E-state index in [2.05, 4.69) is 5.16 Å². The smallest absolute Gasteiger partial charge is 0.482 e. The van der Waals surface area contributed by atoms with E-state index in [-0.39, 0.29) is 41.5 Å². The quantitative estimate of drug-likeness (QED) is 0.433. The van der Waals surface area contributed by atoms with Crippen LogP contribution in [0.4, 0.5) is 13.6 Å². The minimum atomic E-state index is -1.22. The number of aliphatic carboxylic acids is 1. The van der Waals surface area contributed by atoms with E-state index in [9.17, 15) is 18.4 Å². The monoisotopic (exact) mass is 522 g/mol. The molecule has 1 aliphatic heterocycles. The highest BCUT2D eigenvalue weighted by Crippen LogP contribution is 2.41. The van der Waals surface area contributed by atoms with Gasteiger partial charge in [-0.3, -0.25) is 0 Å². The number of benzene rings is 2.